The normalized spacial score (nSPS) is 18.3. The summed E-state index contributed by atoms with van der Waals surface area (Å²) in [6.07, 6.45) is 4.77. The lowest BCUT2D eigenvalue weighted by Gasteiger charge is -2.28. The zero-order chi connectivity index (χ0) is 16.4. The maximum atomic E-state index is 13.9. The number of nitrogens with zero attached hydrogens (tertiary/aromatic N) is 1. The molecule has 3 N–H and O–H groups in total. The van der Waals surface area contributed by atoms with Crippen LogP contribution in [0.3, 0.4) is 0 Å². The number of aryl methyl sites for hydroxylation is 1. The first kappa shape index (κ1) is 15.6. The molecule has 0 saturated heterocycles. The number of carbonyl (C=O) groups is 1. The number of hydrogen-bond donors (Lipinski definition) is 3. The molecule has 1 aliphatic rings. The second-order valence-corrected chi connectivity index (χ2v) is 5.81. The molecule has 0 saturated carbocycles. The van der Waals surface area contributed by atoms with Crippen molar-refractivity contribution in [1.82, 2.24) is 15.3 Å². The summed E-state index contributed by atoms with van der Waals surface area (Å²) < 4.78 is 27.1. The van der Waals surface area contributed by atoms with Gasteiger partial charge in [0.15, 0.2) is 0 Å². The standard InChI is InChI=1S/C16H18F2N4O/c1-9(16(23)22-15-7-19-8-20-15)21-12-3-2-10-4-11(17)5-14(18)13(10)6-12/h4-5,7-9,12,21H,2-3,6H2,1H3,(H,19,20)(H,22,23)/t9-,12?/m0/s1. The summed E-state index contributed by atoms with van der Waals surface area (Å²) in [5, 5.41) is 5.91. The first-order chi connectivity index (χ1) is 11.0. The highest BCUT2D eigenvalue weighted by Gasteiger charge is 2.25. The molecular weight excluding hydrogens is 302 g/mol. The molecule has 1 unspecified atom stereocenters. The van der Waals surface area contributed by atoms with Gasteiger partial charge >= 0.3 is 0 Å². The van der Waals surface area contributed by atoms with Crippen LogP contribution in [0.4, 0.5) is 14.6 Å². The van der Waals surface area contributed by atoms with Crippen LogP contribution < -0.4 is 10.6 Å². The molecule has 3 rings (SSSR count). The summed E-state index contributed by atoms with van der Waals surface area (Å²) in [5.41, 5.74) is 1.26. The number of aromatic nitrogens is 2. The van der Waals surface area contributed by atoms with Crippen LogP contribution in [0.25, 0.3) is 0 Å². The molecule has 23 heavy (non-hydrogen) atoms. The van der Waals surface area contributed by atoms with E-state index in [0.29, 0.717) is 24.2 Å². The van der Waals surface area contributed by atoms with E-state index in [4.69, 9.17) is 0 Å². The fourth-order valence-electron chi connectivity index (χ4n) is 2.92. The van der Waals surface area contributed by atoms with Crippen molar-refractivity contribution in [3.8, 4) is 0 Å². The number of anilines is 1. The van der Waals surface area contributed by atoms with Crippen molar-refractivity contribution in [1.29, 1.82) is 0 Å². The number of aromatic amines is 1. The fourth-order valence-corrected chi connectivity index (χ4v) is 2.92. The molecule has 0 fully saturated rings. The Hall–Kier alpha value is -2.28. The Kier molecular flexibility index (Phi) is 4.38. The fraction of sp³-hybridized carbons (Fsp3) is 0.375. The molecule has 2 atom stereocenters. The monoisotopic (exact) mass is 320 g/mol. The largest absolute Gasteiger partial charge is 0.331 e. The Labute approximate surface area is 132 Å². The van der Waals surface area contributed by atoms with Gasteiger partial charge in [-0.2, -0.15) is 0 Å². The third kappa shape index (κ3) is 3.56. The highest BCUT2D eigenvalue weighted by Crippen LogP contribution is 2.25. The highest BCUT2D eigenvalue weighted by molar-refractivity contribution is 5.93. The number of fused-ring (bicyclic) bond motifs is 1. The third-order valence-electron chi connectivity index (χ3n) is 4.10. The van der Waals surface area contributed by atoms with Crippen LogP contribution in [0.5, 0.6) is 0 Å². The molecule has 1 aromatic carbocycles. The lowest BCUT2D eigenvalue weighted by atomic mass is 9.87. The van der Waals surface area contributed by atoms with Gasteiger partial charge in [-0.15, -0.1) is 0 Å². The van der Waals surface area contributed by atoms with Crippen LogP contribution in [0.1, 0.15) is 24.5 Å². The minimum atomic E-state index is -0.542. The van der Waals surface area contributed by atoms with Crippen molar-refractivity contribution < 1.29 is 13.6 Å². The average molecular weight is 320 g/mol. The van der Waals surface area contributed by atoms with Crippen molar-refractivity contribution in [2.45, 2.75) is 38.3 Å². The Balaban J connectivity index is 1.61. The number of benzene rings is 1. The maximum absolute atomic E-state index is 13.9. The number of hydrogen-bond acceptors (Lipinski definition) is 3. The number of amides is 1. The molecule has 2 aromatic rings. The van der Waals surface area contributed by atoms with Crippen LogP contribution in [0.2, 0.25) is 0 Å². The number of nitrogens with one attached hydrogen (secondary N) is 3. The molecule has 1 aliphatic carbocycles. The van der Waals surface area contributed by atoms with Gasteiger partial charge in [-0.05, 0) is 43.4 Å². The molecule has 0 radical (unpaired) electrons. The number of H-pyrrole nitrogens is 1. The van der Waals surface area contributed by atoms with E-state index in [9.17, 15) is 13.6 Å². The molecule has 0 bridgehead atoms. The van der Waals surface area contributed by atoms with Crippen LogP contribution in [-0.4, -0.2) is 28.0 Å². The van der Waals surface area contributed by atoms with Gasteiger partial charge in [0.2, 0.25) is 5.91 Å². The van der Waals surface area contributed by atoms with E-state index in [1.54, 1.807) is 6.92 Å². The zero-order valence-electron chi connectivity index (χ0n) is 12.7. The van der Waals surface area contributed by atoms with E-state index in [1.165, 1.54) is 18.6 Å². The van der Waals surface area contributed by atoms with E-state index in [1.807, 2.05) is 0 Å². The third-order valence-corrected chi connectivity index (χ3v) is 4.10. The molecule has 1 amide bonds. The summed E-state index contributed by atoms with van der Waals surface area (Å²) in [6.45, 7) is 1.75. The smallest absolute Gasteiger partial charge is 0.242 e. The SMILES string of the molecule is C[C@H](NC1CCc2cc(F)cc(F)c2C1)C(=O)Nc1cnc[nH]1. The highest BCUT2D eigenvalue weighted by atomic mass is 19.1. The van der Waals surface area contributed by atoms with Crippen molar-refractivity contribution in [2.75, 3.05) is 5.32 Å². The second-order valence-electron chi connectivity index (χ2n) is 5.81. The van der Waals surface area contributed by atoms with Gasteiger partial charge in [0, 0.05) is 12.1 Å². The summed E-state index contributed by atoms with van der Waals surface area (Å²) in [4.78, 5) is 18.7. The van der Waals surface area contributed by atoms with Gasteiger partial charge in [-0.1, -0.05) is 0 Å². The lowest BCUT2D eigenvalue weighted by molar-refractivity contribution is -0.118. The molecule has 1 heterocycles. The maximum Gasteiger partial charge on any atom is 0.242 e. The molecular formula is C16H18F2N4O. The summed E-state index contributed by atoms with van der Waals surface area (Å²) >= 11 is 0. The predicted molar refractivity (Wildman–Crippen MR) is 82.0 cm³/mol. The van der Waals surface area contributed by atoms with Gasteiger partial charge in [0.05, 0.1) is 18.6 Å². The number of carbonyl (C=O) groups excluding carboxylic acids is 1. The van der Waals surface area contributed by atoms with Gasteiger partial charge in [0.25, 0.3) is 0 Å². The number of imidazole rings is 1. The van der Waals surface area contributed by atoms with Crippen LogP contribution >= 0.6 is 0 Å². The molecule has 7 heteroatoms. The molecule has 0 aliphatic heterocycles. The lowest BCUT2D eigenvalue weighted by Crippen LogP contribution is -2.46. The summed E-state index contributed by atoms with van der Waals surface area (Å²) in [7, 11) is 0. The van der Waals surface area contributed by atoms with Crippen molar-refractivity contribution >= 4 is 11.7 Å². The predicted octanol–water partition coefficient (Wildman–Crippen LogP) is 2.16. The van der Waals surface area contributed by atoms with E-state index in [2.05, 4.69) is 20.6 Å². The van der Waals surface area contributed by atoms with Gasteiger partial charge in [-0.25, -0.2) is 13.8 Å². The minimum absolute atomic E-state index is 0.0232. The quantitative estimate of drug-likeness (QED) is 0.808. The van der Waals surface area contributed by atoms with Crippen molar-refractivity contribution in [2.24, 2.45) is 0 Å². The zero-order valence-corrected chi connectivity index (χ0v) is 12.7. The van der Waals surface area contributed by atoms with Crippen LogP contribution in [-0.2, 0) is 17.6 Å². The summed E-state index contributed by atoms with van der Waals surface area (Å²) in [6, 6.07) is 1.84. The van der Waals surface area contributed by atoms with E-state index >= 15 is 0 Å². The van der Waals surface area contributed by atoms with Crippen LogP contribution in [0.15, 0.2) is 24.7 Å². The first-order valence-electron chi connectivity index (χ1n) is 7.55. The van der Waals surface area contributed by atoms with E-state index < -0.39 is 17.7 Å². The average Bonchev–Trinajstić information content (AvgIpc) is 3.00. The number of rotatable bonds is 4. The van der Waals surface area contributed by atoms with Gasteiger partial charge in [0.1, 0.15) is 17.5 Å². The topological polar surface area (TPSA) is 69.8 Å². The Bertz CT molecular complexity index is 702. The van der Waals surface area contributed by atoms with E-state index in [0.717, 1.165) is 18.1 Å². The summed E-state index contributed by atoms with van der Waals surface area (Å²) in [5.74, 6) is -0.722. The Morgan fingerprint density at radius 3 is 3.00 bits per heavy atom. The minimum Gasteiger partial charge on any atom is -0.331 e. The van der Waals surface area contributed by atoms with E-state index in [-0.39, 0.29) is 11.9 Å². The molecule has 5 nitrogen and oxygen atoms in total. The van der Waals surface area contributed by atoms with Crippen LogP contribution in [0, 0.1) is 11.6 Å². The van der Waals surface area contributed by atoms with Gasteiger partial charge < -0.3 is 15.6 Å². The number of halogens is 2. The Morgan fingerprint density at radius 2 is 2.26 bits per heavy atom. The molecule has 122 valence electrons. The van der Waals surface area contributed by atoms with Gasteiger partial charge in [-0.3, -0.25) is 4.79 Å². The molecule has 1 aromatic heterocycles. The van der Waals surface area contributed by atoms with Crippen molar-refractivity contribution in [3.63, 3.8) is 0 Å². The van der Waals surface area contributed by atoms with Crippen molar-refractivity contribution in [3.05, 3.63) is 47.4 Å². The molecule has 0 spiro atoms. The first-order valence-corrected chi connectivity index (χ1v) is 7.55. The second kappa shape index (κ2) is 6.45. The Morgan fingerprint density at radius 1 is 1.43 bits per heavy atom.